The number of methoxy groups -OCH3 is 1. The molecule has 0 radical (unpaired) electrons. The number of benzene rings is 1. The number of alkyl carbamates (subject to hydrolysis) is 1. The van der Waals surface area contributed by atoms with Gasteiger partial charge in [0.2, 0.25) is 11.8 Å². The number of hydrogen-bond donors (Lipinski definition) is 2. The number of aromatic nitrogens is 1. The monoisotopic (exact) mass is 329 g/mol. The molecule has 0 aliphatic carbocycles. The minimum absolute atomic E-state index is 0.397. The summed E-state index contributed by atoms with van der Waals surface area (Å²) in [6, 6.07) is 12.6. The lowest BCUT2D eigenvalue weighted by Crippen LogP contribution is -2.52. The number of amides is 2. The summed E-state index contributed by atoms with van der Waals surface area (Å²) < 4.78 is 10.1. The Morgan fingerprint density at radius 2 is 1.79 bits per heavy atom. The van der Waals surface area contributed by atoms with Crippen molar-refractivity contribution < 1.29 is 19.1 Å². The molecule has 0 fully saturated rings. The van der Waals surface area contributed by atoms with Gasteiger partial charge in [0.05, 0.1) is 19.0 Å². The van der Waals surface area contributed by atoms with E-state index in [0.29, 0.717) is 17.3 Å². The van der Waals surface area contributed by atoms with E-state index in [-0.39, 0.29) is 0 Å². The fourth-order valence-corrected chi connectivity index (χ4v) is 1.77. The number of carbonyl (C=O) groups excluding carboxylic acids is 2. The molecule has 126 valence electrons. The van der Waals surface area contributed by atoms with Crippen molar-refractivity contribution in [2.24, 2.45) is 0 Å². The summed E-state index contributed by atoms with van der Waals surface area (Å²) in [5.41, 5.74) is -0.646. The molecule has 0 saturated carbocycles. The molecule has 0 saturated heterocycles. The van der Waals surface area contributed by atoms with E-state index in [0.717, 1.165) is 0 Å². The zero-order valence-corrected chi connectivity index (χ0v) is 13.7. The van der Waals surface area contributed by atoms with Gasteiger partial charge < -0.3 is 20.1 Å². The lowest BCUT2D eigenvalue weighted by atomic mass is 10.1. The maximum Gasteiger partial charge on any atom is 0.407 e. The number of nitrogens with zero attached hydrogens (tertiary/aromatic N) is 1. The predicted molar refractivity (Wildman–Crippen MR) is 89.0 cm³/mol. The molecule has 0 unspecified atom stereocenters. The molecule has 1 aromatic carbocycles. The molecule has 7 heteroatoms. The number of anilines is 1. The van der Waals surface area contributed by atoms with Crippen LogP contribution < -0.4 is 15.4 Å². The summed E-state index contributed by atoms with van der Waals surface area (Å²) in [5.74, 6) is 0.683. The topological polar surface area (TPSA) is 89.5 Å². The van der Waals surface area contributed by atoms with Crippen LogP contribution in [-0.2, 0) is 9.53 Å². The first kappa shape index (κ1) is 17.3. The van der Waals surface area contributed by atoms with Gasteiger partial charge in [0.15, 0.2) is 0 Å². The molecule has 2 amide bonds. The van der Waals surface area contributed by atoms with Gasteiger partial charge in [-0.1, -0.05) is 18.2 Å². The SMILES string of the molecule is COC(=O)NC(C)(C)C(=O)Nc1ccc(Oc2ccccc2)nc1. The molecule has 7 nitrogen and oxygen atoms in total. The molecule has 1 heterocycles. The average molecular weight is 329 g/mol. The number of ether oxygens (including phenoxy) is 2. The van der Waals surface area contributed by atoms with Crippen molar-refractivity contribution in [1.82, 2.24) is 10.3 Å². The normalized spacial score (nSPS) is 10.6. The Morgan fingerprint density at radius 1 is 1.08 bits per heavy atom. The molecule has 24 heavy (non-hydrogen) atoms. The zero-order valence-electron chi connectivity index (χ0n) is 13.7. The van der Waals surface area contributed by atoms with Gasteiger partial charge in [-0.25, -0.2) is 9.78 Å². The van der Waals surface area contributed by atoms with Crippen LogP contribution in [0.25, 0.3) is 0 Å². The number of rotatable bonds is 5. The first-order chi connectivity index (χ1) is 11.4. The maximum absolute atomic E-state index is 12.2. The second-order valence-corrected chi connectivity index (χ2v) is 5.50. The average Bonchev–Trinajstić information content (AvgIpc) is 2.57. The van der Waals surface area contributed by atoms with Gasteiger partial charge >= 0.3 is 6.09 Å². The molecular weight excluding hydrogens is 310 g/mol. The van der Waals surface area contributed by atoms with Crippen LogP contribution in [0.3, 0.4) is 0 Å². The van der Waals surface area contributed by atoms with E-state index in [4.69, 9.17) is 4.74 Å². The van der Waals surface area contributed by atoms with Crippen LogP contribution in [0.4, 0.5) is 10.5 Å². The number of carbonyl (C=O) groups is 2. The van der Waals surface area contributed by atoms with Crippen molar-refractivity contribution in [2.75, 3.05) is 12.4 Å². The predicted octanol–water partition coefficient (Wildman–Crippen LogP) is 2.95. The largest absolute Gasteiger partial charge is 0.453 e. The van der Waals surface area contributed by atoms with Gasteiger partial charge in [-0.05, 0) is 32.0 Å². The van der Waals surface area contributed by atoms with E-state index < -0.39 is 17.5 Å². The molecule has 2 aromatic rings. The van der Waals surface area contributed by atoms with Crippen LogP contribution in [0.2, 0.25) is 0 Å². The van der Waals surface area contributed by atoms with Gasteiger partial charge in [-0.3, -0.25) is 4.79 Å². The summed E-state index contributed by atoms with van der Waals surface area (Å²) in [4.78, 5) is 27.6. The second kappa shape index (κ2) is 7.45. The highest BCUT2D eigenvalue weighted by atomic mass is 16.5. The third-order valence-corrected chi connectivity index (χ3v) is 3.13. The van der Waals surface area contributed by atoms with Crippen LogP contribution in [0, 0.1) is 0 Å². The quantitative estimate of drug-likeness (QED) is 0.880. The Labute approximate surface area is 140 Å². The number of pyridine rings is 1. The maximum atomic E-state index is 12.2. The van der Waals surface area contributed by atoms with Crippen LogP contribution in [0.5, 0.6) is 11.6 Å². The molecule has 2 rings (SSSR count). The molecule has 0 spiro atoms. The summed E-state index contributed by atoms with van der Waals surface area (Å²) in [6.07, 6.45) is 0.796. The number of nitrogens with one attached hydrogen (secondary N) is 2. The zero-order chi connectivity index (χ0) is 17.6. The van der Waals surface area contributed by atoms with Crippen LogP contribution in [0.1, 0.15) is 13.8 Å². The Bertz CT molecular complexity index is 700. The van der Waals surface area contributed by atoms with E-state index in [1.807, 2.05) is 30.3 Å². The molecule has 0 aliphatic rings. The lowest BCUT2D eigenvalue weighted by Gasteiger charge is -2.24. The molecule has 2 N–H and O–H groups in total. The Morgan fingerprint density at radius 3 is 2.38 bits per heavy atom. The van der Waals surface area contributed by atoms with Gasteiger partial charge in [0, 0.05) is 6.07 Å². The minimum Gasteiger partial charge on any atom is -0.453 e. The molecule has 0 bridgehead atoms. The van der Waals surface area contributed by atoms with E-state index in [1.165, 1.54) is 13.3 Å². The van der Waals surface area contributed by atoms with Crippen molar-refractivity contribution >= 4 is 17.7 Å². The first-order valence-electron chi connectivity index (χ1n) is 7.27. The summed E-state index contributed by atoms with van der Waals surface area (Å²) in [6.45, 7) is 3.14. The highest BCUT2D eigenvalue weighted by Gasteiger charge is 2.30. The molecule has 0 atom stereocenters. The van der Waals surface area contributed by atoms with Crippen LogP contribution in [0.15, 0.2) is 48.7 Å². The first-order valence-corrected chi connectivity index (χ1v) is 7.27. The van der Waals surface area contributed by atoms with E-state index in [9.17, 15) is 9.59 Å². The van der Waals surface area contributed by atoms with E-state index >= 15 is 0 Å². The van der Waals surface area contributed by atoms with Crippen molar-refractivity contribution in [3.63, 3.8) is 0 Å². The third-order valence-electron chi connectivity index (χ3n) is 3.13. The van der Waals surface area contributed by atoms with Crippen molar-refractivity contribution in [3.8, 4) is 11.6 Å². The fourth-order valence-electron chi connectivity index (χ4n) is 1.77. The van der Waals surface area contributed by atoms with Crippen molar-refractivity contribution in [3.05, 3.63) is 48.7 Å². The highest BCUT2D eigenvalue weighted by Crippen LogP contribution is 2.20. The number of para-hydroxylation sites is 1. The Balaban J connectivity index is 1.98. The number of hydrogen-bond acceptors (Lipinski definition) is 5. The van der Waals surface area contributed by atoms with Gasteiger partial charge in [0.1, 0.15) is 11.3 Å². The molecule has 1 aromatic heterocycles. The third kappa shape index (κ3) is 4.70. The van der Waals surface area contributed by atoms with Crippen molar-refractivity contribution in [1.29, 1.82) is 0 Å². The van der Waals surface area contributed by atoms with Gasteiger partial charge in [-0.2, -0.15) is 0 Å². The summed E-state index contributed by atoms with van der Waals surface area (Å²) in [5, 5.41) is 5.13. The molecular formula is C17H19N3O4. The second-order valence-electron chi connectivity index (χ2n) is 5.50. The van der Waals surface area contributed by atoms with Crippen molar-refractivity contribution in [2.45, 2.75) is 19.4 Å². The lowest BCUT2D eigenvalue weighted by molar-refractivity contribution is -0.121. The minimum atomic E-state index is -1.13. The Hall–Kier alpha value is -3.09. The highest BCUT2D eigenvalue weighted by molar-refractivity contribution is 5.99. The van der Waals surface area contributed by atoms with Gasteiger partial charge in [0.25, 0.3) is 0 Å². The summed E-state index contributed by atoms with van der Waals surface area (Å²) >= 11 is 0. The van der Waals surface area contributed by atoms with Crippen LogP contribution in [-0.4, -0.2) is 29.6 Å². The molecule has 0 aliphatic heterocycles. The van der Waals surface area contributed by atoms with Crippen LogP contribution >= 0.6 is 0 Å². The Kier molecular flexibility index (Phi) is 5.36. The van der Waals surface area contributed by atoms with E-state index in [1.54, 1.807) is 26.0 Å². The standard InChI is InChI=1S/C17H19N3O4/c1-17(2,20-16(22)23-3)15(21)19-12-9-10-14(18-11-12)24-13-7-5-4-6-8-13/h4-11H,1-3H3,(H,19,21)(H,20,22). The summed E-state index contributed by atoms with van der Waals surface area (Å²) in [7, 11) is 1.23. The van der Waals surface area contributed by atoms with Gasteiger partial charge in [-0.15, -0.1) is 0 Å². The van der Waals surface area contributed by atoms with E-state index in [2.05, 4.69) is 20.4 Å². The smallest absolute Gasteiger partial charge is 0.407 e. The fraction of sp³-hybridized carbons (Fsp3) is 0.235.